The zero-order chi connectivity index (χ0) is 22.0. The van der Waals surface area contributed by atoms with E-state index in [1.54, 1.807) is 17.2 Å². The molecule has 7 heteroatoms. The summed E-state index contributed by atoms with van der Waals surface area (Å²) in [4.78, 5) is 45.6. The van der Waals surface area contributed by atoms with E-state index in [1.165, 1.54) is 12.5 Å². The van der Waals surface area contributed by atoms with Gasteiger partial charge in [-0.05, 0) is 53.7 Å². The molecule has 0 radical (unpaired) electrons. The number of nitrogens with zero attached hydrogens (tertiary/aromatic N) is 2. The monoisotopic (exact) mass is 423 g/mol. The van der Waals surface area contributed by atoms with Gasteiger partial charge in [-0.3, -0.25) is 14.4 Å². The second kappa shape index (κ2) is 6.84. The van der Waals surface area contributed by atoms with Crippen molar-refractivity contribution in [2.45, 2.75) is 59.0 Å². The van der Waals surface area contributed by atoms with Crippen LogP contribution in [0, 0.1) is 10.8 Å². The van der Waals surface area contributed by atoms with Gasteiger partial charge in [0.15, 0.2) is 0 Å². The van der Waals surface area contributed by atoms with Crippen molar-refractivity contribution >= 4 is 11.8 Å². The number of pyridine rings is 1. The van der Waals surface area contributed by atoms with Crippen LogP contribution in [0.3, 0.4) is 0 Å². The van der Waals surface area contributed by atoms with Crippen LogP contribution in [-0.4, -0.2) is 45.7 Å². The third-order valence-corrected chi connectivity index (χ3v) is 7.23. The van der Waals surface area contributed by atoms with Gasteiger partial charge in [0.25, 0.3) is 17.4 Å². The molecule has 2 aromatic heterocycles. The summed E-state index contributed by atoms with van der Waals surface area (Å²) >= 11 is 0. The smallest absolute Gasteiger partial charge is 0.261 e. The van der Waals surface area contributed by atoms with Crippen molar-refractivity contribution in [3.63, 3.8) is 0 Å². The molecule has 0 aromatic carbocycles. The molecule has 2 aliphatic heterocycles. The van der Waals surface area contributed by atoms with E-state index in [2.05, 4.69) is 25.8 Å². The molecule has 2 amide bonds. The van der Waals surface area contributed by atoms with Crippen LogP contribution in [0.5, 0.6) is 0 Å². The molecular weight excluding hydrogens is 394 g/mol. The van der Waals surface area contributed by atoms with E-state index < -0.39 is 0 Å². The number of hydrogen-bond donors (Lipinski definition) is 1. The summed E-state index contributed by atoms with van der Waals surface area (Å²) in [5.41, 5.74) is 2.37. The summed E-state index contributed by atoms with van der Waals surface area (Å²) in [7, 11) is 0. The van der Waals surface area contributed by atoms with Gasteiger partial charge in [-0.1, -0.05) is 20.8 Å². The lowest BCUT2D eigenvalue weighted by molar-refractivity contribution is 0.0703. The number of nitrogens with one attached hydrogen (secondary N) is 1. The molecule has 0 unspecified atom stereocenters. The Bertz CT molecular complexity index is 1100. The van der Waals surface area contributed by atoms with E-state index in [9.17, 15) is 14.4 Å². The number of amides is 2. The van der Waals surface area contributed by atoms with Crippen molar-refractivity contribution in [2.24, 2.45) is 10.8 Å². The highest BCUT2D eigenvalue weighted by Gasteiger charge is 2.51. The first-order valence-electron chi connectivity index (χ1n) is 11.0. The van der Waals surface area contributed by atoms with Crippen molar-refractivity contribution in [3.05, 3.63) is 57.4 Å². The summed E-state index contributed by atoms with van der Waals surface area (Å²) in [6.07, 6.45) is 8.12. The molecule has 1 aliphatic carbocycles. The maximum Gasteiger partial charge on any atom is 0.261 e. The average molecular weight is 424 g/mol. The Labute approximate surface area is 181 Å². The number of rotatable bonds is 2. The number of fused-ring (bicyclic) bond motifs is 3. The summed E-state index contributed by atoms with van der Waals surface area (Å²) in [5.74, 6) is -0.263. The first-order valence-corrected chi connectivity index (χ1v) is 11.0. The fraction of sp³-hybridized carbons (Fsp3) is 0.542. The van der Waals surface area contributed by atoms with Crippen LogP contribution in [0.4, 0.5) is 0 Å². The van der Waals surface area contributed by atoms with Crippen LogP contribution in [0.25, 0.3) is 0 Å². The van der Waals surface area contributed by atoms with Gasteiger partial charge in [0.1, 0.15) is 11.8 Å². The maximum atomic E-state index is 13.7. The van der Waals surface area contributed by atoms with Crippen LogP contribution >= 0.6 is 0 Å². The van der Waals surface area contributed by atoms with E-state index >= 15 is 0 Å². The molecule has 2 aromatic rings. The third-order valence-electron chi connectivity index (χ3n) is 7.23. The normalized spacial score (nSPS) is 26.6. The molecule has 1 N–H and O–H groups in total. The zero-order valence-corrected chi connectivity index (χ0v) is 18.4. The quantitative estimate of drug-likeness (QED) is 0.804. The molecule has 1 saturated carbocycles. The third kappa shape index (κ3) is 3.40. The van der Waals surface area contributed by atoms with Gasteiger partial charge in [-0.15, -0.1) is 0 Å². The lowest BCUT2D eigenvalue weighted by Gasteiger charge is -2.39. The van der Waals surface area contributed by atoms with Crippen molar-refractivity contribution < 1.29 is 14.0 Å². The SMILES string of the molecule is CC1(C)C[C@@H]2C[C@@](C)(CN2C(=O)c2c3c(c[nH]c2=O)CN(C(=O)c2ccoc2)CC3)C1. The highest BCUT2D eigenvalue weighted by molar-refractivity contribution is 5.97. The van der Waals surface area contributed by atoms with Crippen molar-refractivity contribution in [1.29, 1.82) is 0 Å². The zero-order valence-electron chi connectivity index (χ0n) is 18.4. The minimum absolute atomic E-state index is 0.109. The standard InChI is InChI=1S/C24H29N3O4/c1-23(2)8-17-9-24(3,13-23)14-27(17)22(30)19-18-4-6-26(11-16(18)10-25-20(19)28)21(29)15-5-7-31-12-15/h5,7,10,12,17H,4,6,8-9,11,13-14H2,1-3H3,(H,25,28)/t17-,24-/m1/s1. The molecular formula is C24H29N3O4. The van der Waals surface area contributed by atoms with Gasteiger partial charge < -0.3 is 19.2 Å². The van der Waals surface area contributed by atoms with Gasteiger partial charge in [0, 0.05) is 31.9 Å². The minimum atomic E-state index is -0.329. The number of likely N-dealkylation sites (tertiary alicyclic amines) is 1. The first-order chi connectivity index (χ1) is 14.7. The molecule has 164 valence electrons. The Hall–Kier alpha value is -2.83. The number of carbonyl (C=O) groups excluding carboxylic acids is 2. The first kappa shape index (κ1) is 20.1. The van der Waals surface area contributed by atoms with E-state index in [0.717, 1.165) is 30.4 Å². The number of aromatic nitrogens is 1. The van der Waals surface area contributed by atoms with E-state index in [0.29, 0.717) is 31.6 Å². The van der Waals surface area contributed by atoms with Crippen molar-refractivity contribution in [1.82, 2.24) is 14.8 Å². The lowest BCUT2D eigenvalue weighted by Crippen LogP contribution is -2.42. The van der Waals surface area contributed by atoms with Crippen LogP contribution in [0.1, 0.15) is 71.9 Å². The number of hydrogen-bond acceptors (Lipinski definition) is 4. The molecule has 31 heavy (non-hydrogen) atoms. The average Bonchev–Trinajstić information content (AvgIpc) is 3.32. The Morgan fingerprint density at radius 1 is 1.19 bits per heavy atom. The van der Waals surface area contributed by atoms with Gasteiger partial charge in [-0.2, -0.15) is 0 Å². The molecule has 1 saturated heterocycles. The van der Waals surface area contributed by atoms with Crippen LogP contribution in [0.15, 0.2) is 34.0 Å². The van der Waals surface area contributed by atoms with Gasteiger partial charge in [0.2, 0.25) is 0 Å². The Balaban J connectivity index is 1.44. The van der Waals surface area contributed by atoms with Crippen LogP contribution in [-0.2, 0) is 13.0 Å². The number of aromatic amines is 1. The fourth-order valence-electron chi connectivity index (χ4n) is 6.38. The van der Waals surface area contributed by atoms with Gasteiger partial charge >= 0.3 is 0 Å². The second-order valence-corrected chi connectivity index (χ2v) is 10.6. The van der Waals surface area contributed by atoms with E-state index in [-0.39, 0.29) is 39.8 Å². The Kier molecular flexibility index (Phi) is 4.43. The largest absolute Gasteiger partial charge is 0.472 e. The predicted molar refractivity (Wildman–Crippen MR) is 115 cm³/mol. The Morgan fingerprint density at radius 2 is 2.00 bits per heavy atom. The van der Waals surface area contributed by atoms with E-state index in [4.69, 9.17) is 4.42 Å². The van der Waals surface area contributed by atoms with Crippen molar-refractivity contribution in [3.8, 4) is 0 Å². The topological polar surface area (TPSA) is 86.6 Å². The molecule has 2 bridgehead atoms. The number of furan rings is 1. The van der Waals surface area contributed by atoms with Gasteiger partial charge in [-0.25, -0.2) is 0 Å². The molecule has 3 aliphatic rings. The molecule has 5 rings (SSSR count). The minimum Gasteiger partial charge on any atom is -0.472 e. The molecule has 0 spiro atoms. The maximum absolute atomic E-state index is 13.7. The van der Waals surface area contributed by atoms with Crippen molar-refractivity contribution in [2.75, 3.05) is 13.1 Å². The van der Waals surface area contributed by atoms with Crippen LogP contribution in [0.2, 0.25) is 0 Å². The highest BCUT2D eigenvalue weighted by Crippen LogP contribution is 2.52. The molecule has 2 fully saturated rings. The lowest BCUT2D eigenvalue weighted by atomic mass is 9.65. The van der Waals surface area contributed by atoms with Gasteiger partial charge in [0.05, 0.1) is 11.8 Å². The second-order valence-electron chi connectivity index (χ2n) is 10.6. The molecule has 4 heterocycles. The number of carbonyl (C=O) groups is 2. The number of H-pyrrole nitrogens is 1. The summed E-state index contributed by atoms with van der Waals surface area (Å²) in [5, 5.41) is 0. The van der Waals surface area contributed by atoms with Crippen LogP contribution < -0.4 is 5.56 Å². The van der Waals surface area contributed by atoms with E-state index in [1.807, 2.05) is 4.90 Å². The molecule has 7 nitrogen and oxygen atoms in total. The summed E-state index contributed by atoms with van der Waals surface area (Å²) in [6.45, 7) is 8.34. The fourth-order valence-corrected chi connectivity index (χ4v) is 6.38. The summed E-state index contributed by atoms with van der Waals surface area (Å²) < 4.78 is 5.03. The molecule has 2 atom stereocenters. The highest BCUT2D eigenvalue weighted by atomic mass is 16.3. The predicted octanol–water partition coefficient (Wildman–Crippen LogP) is 3.21. The summed E-state index contributed by atoms with van der Waals surface area (Å²) in [6, 6.07) is 1.83. The Morgan fingerprint density at radius 3 is 2.74 bits per heavy atom.